The van der Waals surface area contributed by atoms with Crippen LogP contribution in [0.2, 0.25) is 18.1 Å². The van der Waals surface area contributed by atoms with Crippen LogP contribution in [0.1, 0.15) is 59.6 Å². The van der Waals surface area contributed by atoms with E-state index < -0.39 is 35.5 Å². The lowest BCUT2D eigenvalue weighted by atomic mass is 10.0. The van der Waals surface area contributed by atoms with Gasteiger partial charge < -0.3 is 27.9 Å². The Hall–Kier alpha value is -0.653. The van der Waals surface area contributed by atoms with E-state index in [1.165, 1.54) is 0 Å². The van der Waals surface area contributed by atoms with Crippen molar-refractivity contribution in [3.8, 4) is 0 Å². The Morgan fingerprint density at radius 3 is 2.05 bits per heavy atom. The van der Waals surface area contributed by atoms with Crippen LogP contribution in [0, 0.1) is 0 Å². The predicted molar refractivity (Wildman–Crippen MR) is 131 cm³/mol. The standard InChI is InChI=1S/C21H38NO5SSi.CHF3O3S/c1-9-29(10-2,11-3)27-18(19-22(8)12-13-28-19)17-16(25-21(6,7)26-17)15-14-23-20(4,5)24-15;2-1(3,4)8(5,6)7/h12-13,15-18H,9-11,14H2,1-8H3;(H,5,6,7)/q+1;/p-1/t15-,16+,17-,18+;/m0./s1. The fourth-order valence-corrected chi connectivity index (χ4v) is 8.16. The number of hydrogen-bond donors (Lipinski definition) is 0. The largest absolute Gasteiger partial charge is 0.741 e. The summed E-state index contributed by atoms with van der Waals surface area (Å²) in [5.74, 6) is -1.30. The van der Waals surface area contributed by atoms with Crippen LogP contribution in [0.15, 0.2) is 11.6 Å². The molecule has 9 nitrogen and oxygen atoms in total. The molecule has 2 aliphatic rings. The van der Waals surface area contributed by atoms with Gasteiger partial charge in [0.2, 0.25) is 0 Å². The van der Waals surface area contributed by atoms with Gasteiger partial charge in [-0.1, -0.05) is 32.1 Å². The van der Waals surface area contributed by atoms with Gasteiger partial charge in [-0.25, -0.2) is 8.42 Å². The van der Waals surface area contributed by atoms with Crippen molar-refractivity contribution in [3.63, 3.8) is 0 Å². The zero-order valence-electron chi connectivity index (χ0n) is 22.5. The molecule has 1 aromatic heterocycles. The van der Waals surface area contributed by atoms with Gasteiger partial charge >= 0.3 is 5.51 Å². The molecule has 15 heteroatoms. The van der Waals surface area contributed by atoms with Gasteiger partial charge in [0.15, 0.2) is 42.3 Å². The topological polar surface area (TPSA) is 107 Å². The van der Waals surface area contributed by atoms with Gasteiger partial charge in [-0.3, -0.25) is 0 Å². The molecule has 37 heavy (non-hydrogen) atoms. The molecule has 0 amide bonds. The summed E-state index contributed by atoms with van der Waals surface area (Å²) in [6, 6.07) is 3.26. The number of nitrogens with zero attached hydrogens (tertiary/aromatic N) is 1. The maximum Gasteiger partial charge on any atom is 0.485 e. The molecular weight excluding hydrogens is 555 g/mol. The van der Waals surface area contributed by atoms with E-state index in [1.807, 2.05) is 27.7 Å². The van der Waals surface area contributed by atoms with Gasteiger partial charge in [-0.15, -0.1) is 0 Å². The first-order valence-electron chi connectivity index (χ1n) is 12.1. The molecule has 2 saturated heterocycles. The summed E-state index contributed by atoms with van der Waals surface area (Å²) in [7, 11) is -5.90. The molecular formula is C22H38F3NO8S2Si. The Kier molecular flexibility index (Phi) is 10.4. The van der Waals surface area contributed by atoms with Gasteiger partial charge in [0.05, 0.1) is 12.0 Å². The fraction of sp³-hybridized carbons (Fsp3) is 0.864. The van der Waals surface area contributed by atoms with E-state index in [9.17, 15) is 13.2 Å². The average Bonchev–Trinajstić information content (AvgIpc) is 3.45. The molecule has 1 aromatic rings. The van der Waals surface area contributed by atoms with E-state index in [1.54, 1.807) is 11.3 Å². The van der Waals surface area contributed by atoms with Crippen molar-refractivity contribution >= 4 is 29.8 Å². The summed E-state index contributed by atoms with van der Waals surface area (Å²) < 4.78 is 93.0. The minimum atomic E-state index is -6.09. The summed E-state index contributed by atoms with van der Waals surface area (Å²) in [5.41, 5.74) is -5.65. The Labute approximate surface area is 222 Å². The van der Waals surface area contributed by atoms with Gasteiger partial charge in [0.25, 0.3) is 5.01 Å². The predicted octanol–water partition coefficient (Wildman–Crippen LogP) is 4.36. The van der Waals surface area contributed by atoms with Crippen LogP contribution in [0.3, 0.4) is 0 Å². The van der Waals surface area contributed by atoms with Crippen molar-refractivity contribution in [1.82, 2.24) is 0 Å². The number of alkyl halides is 3. The summed E-state index contributed by atoms with van der Waals surface area (Å²) in [5, 5.41) is 3.26. The minimum absolute atomic E-state index is 0.186. The first-order valence-corrected chi connectivity index (χ1v) is 16.9. The Morgan fingerprint density at radius 1 is 1.14 bits per heavy atom. The Bertz CT molecular complexity index is 990. The highest BCUT2D eigenvalue weighted by atomic mass is 32.2. The lowest BCUT2D eigenvalue weighted by Crippen LogP contribution is -2.48. The van der Waals surface area contributed by atoms with Crippen LogP contribution in [-0.4, -0.2) is 63.3 Å². The number of aromatic nitrogens is 1. The van der Waals surface area contributed by atoms with Crippen LogP contribution in [0.5, 0.6) is 0 Å². The fourth-order valence-electron chi connectivity index (χ4n) is 4.36. The van der Waals surface area contributed by atoms with Crippen LogP contribution < -0.4 is 4.57 Å². The van der Waals surface area contributed by atoms with E-state index in [0.717, 1.165) is 23.1 Å². The maximum absolute atomic E-state index is 10.7. The highest BCUT2D eigenvalue weighted by molar-refractivity contribution is 7.86. The van der Waals surface area contributed by atoms with Crippen molar-refractivity contribution in [1.29, 1.82) is 0 Å². The average molecular weight is 594 g/mol. The second kappa shape index (κ2) is 11.8. The number of ether oxygens (including phenoxy) is 4. The highest BCUT2D eigenvalue weighted by Crippen LogP contribution is 2.43. The number of halogens is 3. The summed E-state index contributed by atoms with van der Waals surface area (Å²) in [6.45, 7) is 15.1. The van der Waals surface area contributed by atoms with Gasteiger partial charge in [-0.05, 0) is 45.8 Å². The van der Waals surface area contributed by atoms with Gasteiger partial charge in [-0.2, -0.15) is 17.7 Å². The Morgan fingerprint density at radius 2 is 1.68 bits per heavy atom. The summed E-state index contributed by atoms with van der Waals surface area (Å²) in [6.07, 6.45) is 1.20. The maximum atomic E-state index is 10.7. The molecule has 0 spiro atoms. The molecule has 3 rings (SSSR count). The monoisotopic (exact) mass is 593 g/mol. The van der Waals surface area contributed by atoms with Gasteiger partial charge in [0.1, 0.15) is 25.4 Å². The molecule has 2 aliphatic heterocycles. The van der Waals surface area contributed by atoms with E-state index >= 15 is 0 Å². The zero-order chi connectivity index (χ0) is 28.4. The third kappa shape index (κ3) is 8.17. The minimum Gasteiger partial charge on any atom is -0.741 e. The SMILES string of the molecule is CC[Si](CC)(CC)O[C@@H](c1scc[n+]1C)[C@H]1OC(C)(C)O[C@@H]1[C@@H]1COC(C)(C)O1.O=S(=O)([O-])C(F)(F)F. The van der Waals surface area contributed by atoms with E-state index in [4.69, 9.17) is 36.3 Å². The third-order valence-electron chi connectivity index (χ3n) is 6.52. The number of rotatable bonds is 8. The van der Waals surface area contributed by atoms with Crippen LogP contribution in [-0.2, 0) is 40.5 Å². The van der Waals surface area contributed by atoms with Crippen LogP contribution in [0.25, 0.3) is 0 Å². The molecule has 216 valence electrons. The second-order valence-corrected chi connectivity index (χ2v) is 17.0. The first kappa shape index (κ1) is 32.6. The molecule has 0 N–H and O–H groups in total. The molecule has 0 aromatic carbocycles. The molecule has 0 saturated carbocycles. The lowest BCUT2D eigenvalue weighted by molar-refractivity contribution is -0.677. The third-order valence-corrected chi connectivity index (χ3v) is 12.7. The van der Waals surface area contributed by atoms with Crippen LogP contribution >= 0.6 is 11.3 Å². The summed E-state index contributed by atoms with van der Waals surface area (Å²) >= 11 is 1.71. The smallest absolute Gasteiger partial charge is 0.485 e. The van der Waals surface area contributed by atoms with E-state index in [0.29, 0.717) is 6.61 Å². The van der Waals surface area contributed by atoms with E-state index in [2.05, 4.69) is 44.0 Å². The Balaban J connectivity index is 0.000000521. The van der Waals surface area contributed by atoms with Crippen molar-refractivity contribution in [2.45, 2.75) is 108 Å². The summed E-state index contributed by atoms with van der Waals surface area (Å²) in [4.78, 5) is 0. The zero-order valence-corrected chi connectivity index (χ0v) is 25.1. The van der Waals surface area contributed by atoms with Crippen molar-refractivity contribution in [2.75, 3.05) is 6.61 Å². The molecule has 0 aliphatic carbocycles. The molecule has 0 unspecified atom stereocenters. The van der Waals surface area contributed by atoms with Crippen molar-refractivity contribution < 1.29 is 54.1 Å². The van der Waals surface area contributed by atoms with Crippen LogP contribution in [0.4, 0.5) is 13.2 Å². The lowest BCUT2D eigenvalue weighted by Gasteiger charge is -2.35. The van der Waals surface area contributed by atoms with E-state index in [-0.39, 0.29) is 24.4 Å². The quantitative estimate of drug-likeness (QED) is 0.189. The normalized spacial score (nSPS) is 26.5. The molecule has 0 radical (unpaired) electrons. The first-order chi connectivity index (χ1) is 16.8. The number of aryl methyl sites for hydroxylation is 1. The molecule has 0 bridgehead atoms. The second-order valence-electron chi connectivity index (χ2n) is 9.97. The number of hydrogen-bond acceptors (Lipinski definition) is 9. The van der Waals surface area contributed by atoms with Gasteiger partial charge in [0, 0.05) is 0 Å². The van der Waals surface area contributed by atoms with Crippen molar-refractivity contribution in [2.24, 2.45) is 7.05 Å². The molecule has 2 fully saturated rings. The highest BCUT2D eigenvalue weighted by Gasteiger charge is 2.55. The van der Waals surface area contributed by atoms with Crippen molar-refractivity contribution in [3.05, 3.63) is 16.6 Å². The number of thiazole rings is 1. The molecule has 4 atom stereocenters. The molecule has 3 heterocycles.